The van der Waals surface area contributed by atoms with Crippen LogP contribution in [0.2, 0.25) is 0 Å². The molecule has 1 aromatic heterocycles. The number of aromatic nitrogens is 1. The molecule has 2 rings (SSSR count). The summed E-state index contributed by atoms with van der Waals surface area (Å²) < 4.78 is 5.12. The van der Waals surface area contributed by atoms with E-state index in [1.54, 1.807) is 30.7 Å². The fourth-order valence-electron chi connectivity index (χ4n) is 1.82. The largest absolute Gasteiger partial charge is 0.497 e. The Kier molecular flexibility index (Phi) is 8.97. The Morgan fingerprint density at radius 1 is 1.39 bits per heavy atom. The van der Waals surface area contributed by atoms with E-state index in [0.29, 0.717) is 28.7 Å². The Morgan fingerprint density at radius 3 is 2.70 bits per heavy atom. The molecule has 1 amide bonds. The zero-order valence-corrected chi connectivity index (χ0v) is 15.6. The van der Waals surface area contributed by atoms with Gasteiger partial charge in [0.15, 0.2) is 0 Å². The number of nitrogens with zero attached hydrogens (tertiary/aromatic N) is 1. The number of carbonyl (C=O) groups is 1. The first-order valence-corrected chi connectivity index (χ1v) is 7.57. The SMILES string of the molecule is COc1ccc(N)c(NC(=O)c2csc(CC(C)C)n2)c1.Cl.Cl. The molecule has 2 aromatic rings. The Labute approximate surface area is 152 Å². The molecular formula is C15H21Cl2N3O2S. The molecule has 0 fully saturated rings. The van der Waals surface area contributed by atoms with Crippen molar-refractivity contribution >= 4 is 53.4 Å². The molecule has 0 radical (unpaired) electrons. The maximum absolute atomic E-state index is 12.2. The number of amides is 1. The van der Waals surface area contributed by atoms with Crippen molar-refractivity contribution in [2.24, 2.45) is 5.92 Å². The lowest BCUT2D eigenvalue weighted by molar-refractivity contribution is 0.102. The number of benzene rings is 1. The van der Waals surface area contributed by atoms with Crippen LogP contribution < -0.4 is 15.8 Å². The Balaban J connectivity index is 0.00000242. The predicted molar refractivity (Wildman–Crippen MR) is 101 cm³/mol. The fraction of sp³-hybridized carbons (Fsp3) is 0.333. The van der Waals surface area contributed by atoms with Crippen LogP contribution in [-0.2, 0) is 6.42 Å². The van der Waals surface area contributed by atoms with Gasteiger partial charge in [-0.15, -0.1) is 36.2 Å². The molecule has 1 heterocycles. The van der Waals surface area contributed by atoms with Crippen molar-refractivity contribution < 1.29 is 9.53 Å². The standard InChI is InChI=1S/C15H19N3O2S.2ClH/c1-9(2)6-14-17-13(8-21-14)15(19)18-12-7-10(20-3)4-5-11(12)16;;/h4-5,7-9H,6,16H2,1-3H3,(H,18,19);2*1H. The van der Waals surface area contributed by atoms with Gasteiger partial charge in [-0.25, -0.2) is 4.98 Å². The number of carbonyl (C=O) groups excluding carboxylic acids is 1. The van der Waals surface area contributed by atoms with Crippen LogP contribution in [0.4, 0.5) is 11.4 Å². The maximum Gasteiger partial charge on any atom is 0.275 e. The summed E-state index contributed by atoms with van der Waals surface area (Å²) in [5.41, 5.74) is 7.28. The third-order valence-corrected chi connectivity index (χ3v) is 3.75. The third kappa shape index (κ3) is 5.89. The van der Waals surface area contributed by atoms with E-state index in [-0.39, 0.29) is 30.7 Å². The van der Waals surface area contributed by atoms with Gasteiger partial charge in [-0.05, 0) is 18.1 Å². The van der Waals surface area contributed by atoms with Gasteiger partial charge in [0.2, 0.25) is 0 Å². The van der Waals surface area contributed by atoms with E-state index in [0.717, 1.165) is 11.4 Å². The Bertz CT molecular complexity index is 647. The van der Waals surface area contributed by atoms with Gasteiger partial charge in [0.25, 0.3) is 5.91 Å². The van der Waals surface area contributed by atoms with Crippen molar-refractivity contribution in [3.05, 3.63) is 34.3 Å². The van der Waals surface area contributed by atoms with Gasteiger partial charge >= 0.3 is 0 Å². The van der Waals surface area contributed by atoms with Gasteiger partial charge in [0.05, 0.1) is 23.5 Å². The van der Waals surface area contributed by atoms with Gasteiger partial charge in [-0.3, -0.25) is 4.79 Å². The van der Waals surface area contributed by atoms with Crippen molar-refractivity contribution in [2.75, 3.05) is 18.2 Å². The molecule has 0 atom stereocenters. The summed E-state index contributed by atoms with van der Waals surface area (Å²) in [6.07, 6.45) is 0.874. The summed E-state index contributed by atoms with van der Waals surface area (Å²) in [7, 11) is 1.57. The highest BCUT2D eigenvalue weighted by atomic mass is 35.5. The van der Waals surface area contributed by atoms with Gasteiger partial charge in [0.1, 0.15) is 11.4 Å². The molecule has 0 unspecified atom stereocenters. The van der Waals surface area contributed by atoms with Gasteiger partial charge in [0, 0.05) is 17.9 Å². The number of hydrogen-bond donors (Lipinski definition) is 2. The Hall–Kier alpha value is -1.50. The smallest absolute Gasteiger partial charge is 0.275 e. The highest BCUT2D eigenvalue weighted by Gasteiger charge is 2.13. The molecule has 128 valence electrons. The molecule has 0 aliphatic heterocycles. The van der Waals surface area contributed by atoms with E-state index in [2.05, 4.69) is 24.1 Å². The second-order valence-corrected chi connectivity index (χ2v) is 6.07. The van der Waals surface area contributed by atoms with Crippen molar-refractivity contribution in [1.29, 1.82) is 0 Å². The first kappa shape index (κ1) is 21.5. The number of nitrogen functional groups attached to an aromatic ring is 1. The summed E-state index contributed by atoms with van der Waals surface area (Å²) >= 11 is 1.50. The third-order valence-electron chi connectivity index (χ3n) is 2.88. The molecule has 0 saturated heterocycles. The van der Waals surface area contributed by atoms with E-state index >= 15 is 0 Å². The number of ether oxygens (including phenoxy) is 1. The lowest BCUT2D eigenvalue weighted by atomic mass is 10.1. The predicted octanol–water partition coefficient (Wildman–Crippen LogP) is 4.03. The lowest BCUT2D eigenvalue weighted by Gasteiger charge is -2.08. The summed E-state index contributed by atoms with van der Waals surface area (Å²) in [5.74, 6) is 0.889. The van der Waals surface area contributed by atoms with Crippen LogP contribution in [0.3, 0.4) is 0 Å². The van der Waals surface area contributed by atoms with Crippen LogP contribution in [0.25, 0.3) is 0 Å². The molecule has 0 aliphatic carbocycles. The van der Waals surface area contributed by atoms with E-state index in [9.17, 15) is 4.79 Å². The molecule has 0 saturated carbocycles. The summed E-state index contributed by atoms with van der Waals surface area (Å²) in [5, 5.41) is 5.50. The molecule has 0 spiro atoms. The monoisotopic (exact) mass is 377 g/mol. The normalized spacial score (nSPS) is 9.74. The maximum atomic E-state index is 12.2. The minimum atomic E-state index is -0.263. The van der Waals surface area contributed by atoms with Crippen LogP contribution in [0.5, 0.6) is 5.75 Å². The van der Waals surface area contributed by atoms with Gasteiger partial charge in [-0.1, -0.05) is 13.8 Å². The summed E-state index contributed by atoms with van der Waals surface area (Å²) in [6.45, 7) is 4.25. The van der Waals surface area contributed by atoms with E-state index in [1.807, 2.05) is 0 Å². The molecule has 5 nitrogen and oxygen atoms in total. The quantitative estimate of drug-likeness (QED) is 0.771. The number of hydrogen-bond acceptors (Lipinski definition) is 5. The zero-order chi connectivity index (χ0) is 15.4. The molecule has 8 heteroatoms. The number of rotatable bonds is 5. The van der Waals surface area contributed by atoms with Crippen molar-refractivity contribution in [3.63, 3.8) is 0 Å². The average Bonchev–Trinajstić information content (AvgIpc) is 2.89. The number of nitrogens with one attached hydrogen (secondary N) is 1. The van der Waals surface area contributed by atoms with Crippen molar-refractivity contribution in [1.82, 2.24) is 4.98 Å². The Morgan fingerprint density at radius 2 is 2.09 bits per heavy atom. The zero-order valence-electron chi connectivity index (χ0n) is 13.2. The molecular weight excluding hydrogens is 357 g/mol. The van der Waals surface area contributed by atoms with Crippen LogP contribution in [0.15, 0.2) is 23.6 Å². The minimum Gasteiger partial charge on any atom is -0.497 e. The molecule has 0 aliphatic rings. The second kappa shape index (κ2) is 9.60. The highest BCUT2D eigenvalue weighted by molar-refractivity contribution is 7.09. The van der Waals surface area contributed by atoms with Crippen molar-refractivity contribution in [2.45, 2.75) is 20.3 Å². The number of halogens is 2. The number of thiazole rings is 1. The van der Waals surface area contributed by atoms with Gasteiger partial charge < -0.3 is 15.8 Å². The first-order chi connectivity index (χ1) is 9.99. The molecule has 3 N–H and O–H groups in total. The van der Waals surface area contributed by atoms with E-state index in [1.165, 1.54) is 11.3 Å². The molecule has 1 aromatic carbocycles. The molecule has 0 bridgehead atoms. The topological polar surface area (TPSA) is 77.2 Å². The van der Waals surface area contributed by atoms with Crippen LogP contribution in [-0.4, -0.2) is 18.0 Å². The molecule has 23 heavy (non-hydrogen) atoms. The van der Waals surface area contributed by atoms with Crippen LogP contribution >= 0.6 is 36.2 Å². The van der Waals surface area contributed by atoms with Crippen LogP contribution in [0.1, 0.15) is 29.3 Å². The first-order valence-electron chi connectivity index (χ1n) is 6.69. The number of nitrogens with two attached hydrogens (primary N) is 1. The van der Waals surface area contributed by atoms with Crippen molar-refractivity contribution in [3.8, 4) is 5.75 Å². The summed E-state index contributed by atoms with van der Waals surface area (Å²) in [4.78, 5) is 16.6. The number of methoxy groups -OCH3 is 1. The van der Waals surface area contributed by atoms with Crippen LogP contribution in [0, 0.1) is 5.92 Å². The highest BCUT2D eigenvalue weighted by Crippen LogP contribution is 2.25. The second-order valence-electron chi connectivity index (χ2n) is 5.13. The average molecular weight is 378 g/mol. The summed E-state index contributed by atoms with van der Waals surface area (Å²) in [6, 6.07) is 5.13. The van der Waals surface area contributed by atoms with E-state index in [4.69, 9.17) is 10.5 Å². The van der Waals surface area contributed by atoms with Gasteiger partial charge in [-0.2, -0.15) is 0 Å². The number of anilines is 2. The minimum absolute atomic E-state index is 0. The lowest BCUT2D eigenvalue weighted by Crippen LogP contribution is -2.14. The fourth-order valence-corrected chi connectivity index (χ4v) is 2.80. The van der Waals surface area contributed by atoms with E-state index < -0.39 is 0 Å².